The molecular formula is C20H31N3O2. The van der Waals surface area contributed by atoms with E-state index in [0.717, 1.165) is 43.6 Å². The van der Waals surface area contributed by atoms with Gasteiger partial charge in [0.1, 0.15) is 0 Å². The molecule has 1 aromatic carbocycles. The second-order valence-electron chi connectivity index (χ2n) is 7.41. The molecule has 2 rings (SSSR count). The van der Waals surface area contributed by atoms with Crippen LogP contribution in [-0.2, 0) is 16.0 Å². The van der Waals surface area contributed by atoms with Crippen LogP contribution in [0.25, 0.3) is 0 Å². The zero-order valence-electron chi connectivity index (χ0n) is 16.0. The van der Waals surface area contributed by atoms with Gasteiger partial charge in [0.2, 0.25) is 11.8 Å². The summed E-state index contributed by atoms with van der Waals surface area (Å²) in [6, 6.07) is 8.16. The first kappa shape index (κ1) is 19.3. The van der Waals surface area contributed by atoms with Gasteiger partial charge < -0.3 is 14.7 Å². The molecule has 5 heteroatoms. The zero-order chi connectivity index (χ0) is 18.4. The van der Waals surface area contributed by atoms with Crippen molar-refractivity contribution in [1.82, 2.24) is 9.80 Å². The highest BCUT2D eigenvalue weighted by molar-refractivity contribution is 5.79. The summed E-state index contributed by atoms with van der Waals surface area (Å²) in [6.07, 6.45) is 4.05. The summed E-state index contributed by atoms with van der Waals surface area (Å²) >= 11 is 0. The molecule has 0 unspecified atom stereocenters. The monoisotopic (exact) mass is 345 g/mol. The van der Waals surface area contributed by atoms with Crippen LogP contribution < -0.4 is 4.90 Å². The average Bonchev–Trinajstić information content (AvgIpc) is 2.60. The van der Waals surface area contributed by atoms with Crippen LogP contribution in [0, 0.1) is 5.92 Å². The lowest BCUT2D eigenvalue weighted by Gasteiger charge is -2.33. The van der Waals surface area contributed by atoms with Crippen LogP contribution in [-0.4, -0.2) is 62.9 Å². The molecule has 1 fully saturated rings. The molecular weight excluding hydrogens is 314 g/mol. The lowest BCUT2D eigenvalue weighted by atomic mass is 9.92. The van der Waals surface area contributed by atoms with Crippen LogP contribution in [0.3, 0.4) is 0 Å². The first-order chi connectivity index (χ1) is 11.9. The molecule has 1 aromatic rings. The van der Waals surface area contributed by atoms with Gasteiger partial charge in [-0.05, 0) is 42.9 Å². The fraction of sp³-hybridized carbons (Fsp3) is 0.600. The normalized spacial score (nSPS) is 17.3. The lowest BCUT2D eigenvalue weighted by molar-refractivity contribution is -0.132. The van der Waals surface area contributed by atoms with Gasteiger partial charge in [0.25, 0.3) is 0 Å². The molecule has 1 aliphatic heterocycles. The molecule has 1 atom stereocenters. The van der Waals surface area contributed by atoms with Crippen molar-refractivity contribution >= 4 is 17.5 Å². The lowest BCUT2D eigenvalue weighted by Crippen LogP contribution is -2.41. The van der Waals surface area contributed by atoms with Crippen LogP contribution in [0.15, 0.2) is 24.3 Å². The largest absolute Gasteiger partial charge is 0.378 e. The van der Waals surface area contributed by atoms with Gasteiger partial charge in [0, 0.05) is 53.4 Å². The number of rotatable bonds is 6. The second kappa shape index (κ2) is 8.88. The van der Waals surface area contributed by atoms with Crippen molar-refractivity contribution in [2.45, 2.75) is 32.1 Å². The van der Waals surface area contributed by atoms with E-state index in [0.29, 0.717) is 18.8 Å². The van der Waals surface area contributed by atoms with Crippen molar-refractivity contribution in [3.63, 3.8) is 0 Å². The van der Waals surface area contributed by atoms with Crippen molar-refractivity contribution < 1.29 is 9.59 Å². The van der Waals surface area contributed by atoms with Gasteiger partial charge in [-0.3, -0.25) is 9.59 Å². The Morgan fingerprint density at radius 3 is 2.40 bits per heavy atom. The maximum absolute atomic E-state index is 12.6. The van der Waals surface area contributed by atoms with E-state index in [4.69, 9.17) is 0 Å². The number of likely N-dealkylation sites (tertiary alicyclic amines) is 1. The minimum absolute atomic E-state index is 0.171. The SMILES string of the molecule is CN(C)C(=O)CC[C@@H]1CCCN(C(=O)Cc2ccc(N(C)C)cc2)C1. The molecule has 0 aromatic heterocycles. The van der Waals surface area contributed by atoms with Gasteiger partial charge in [-0.25, -0.2) is 0 Å². The molecule has 0 aliphatic carbocycles. The third-order valence-corrected chi connectivity index (χ3v) is 4.95. The van der Waals surface area contributed by atoms with Crippen molar-refractivity contribution in [3.05, 3.63) is 29.8 Å². The summed E-state index contributed by atoms with van der Waals surface area (Å²) in [5, 5.41) is 0. The summed E-state index contributed by atoms with van der Waals surface area (Å²) in [4.78, 5) is 30.1. The van der Waals surface area contributed by atoms with E-state index in [1.54, 1.807) is 19.0 Å². The number of benzene rings is 1. The smallest absolute Gasteiger partial charge is 0.226 e. The predicted octanol–water partition coefficient (Wildman–Crippen LogP) is 2.40. The number of anilines is 1. The number of carbonyl (C=O) groups is 2. The fourth-order valence-corrected chi connectivity index (χ4v) is 3.28. The Morgan fingerprint density at radius 1 is 1.12 bits per heavy atom. The topological polar surface area (TPSA) is 43.9 Å². The van der Waals surface area contributed by atoms with Crippen LogP contribution in [0.5, 0.6) is 0 Å². The Kier molecular flexibility index (Phi) is 6.85. The van der Waals surface area contributed by atoms with Crippen molar-refractivity contribution in [1.29, 1.82) is 0 Å². The fourth-order valence-electron chi connectivity index (χ4n) is 3.28. The molecule has 0 N–H and O–H groups in total. The molecule has 1 aliphatic rings. The van der Waals surface area contributed by atoms with Gasteiger partial charge in [-0.2, -0.15) is 0 Å². The minimum atomic E-state index is 0.171. The summed E-state index contributed by atoms with van der Waals surface area (Å²) < 4.78 is 0. The second-order valence-corrected chi connectivity index (χ2v) is 7.41. The van der Waals surface area contributed by atoms with Crippen molar-refractivity contribution in [2.75, 3.05) is 46.2 Å². The molecule has 2 amide bonds. The molecule has 0 spiro atoms. The molecule has 0 bridgehead atoms. The molecule has 1 saturated heterocycles. The molecule has 25 heavy (non-hydrogen) atoms. The standard InChI is InChI=1S/C20H31N3O2/c1-21(2)18-10-7-16(8-11-18)14-20(25)23-13-5-6-17(15-23)9-12-19(24)22(3)4/h7-8,10-11,17H,5-6,9,12-15H2,1-4H3/t17-/m0/s1. The highest BCUT2D eigenvalue weighted by Crippen LogP contribution is 2.22. The van der Waals surface area contributed by atoms with Gasteiger partial charge >= 0.3 is 0 Å². The van der Waals surface area contributed by atoms with Crippen molar-refractivity contribution in [2.24, 2.45) is 5.92 Å². The number of hydrogen-bond donors (Lipinski definition) is 0. The van der Waals surface area contributed by atoms with Crippen LogP contribution in [0.1, 0.15) is 31.2 Å². The highest BCUT2D eigenvalue weighted by Gasteiger charge is 2.24. The Bertz CT molecular complexity index is 581. The van der Waals surface area contributed by atoms with E-state index in [9.17, 15) is 9.59 Å². The van der Waals surface area contributed by atoms with Gasteiger partial charge in [-0.1, -0.05) is 12.1 Å². The Morgan fingerprint density at radius 2 is 1.80 bits per heavy atom. The first-order valence-electron chi connectivity index (χ1n) is 9.11. The van der Waals surface area contributed by atoms with Crippen LogP contribution >= 0.6 is 0 Å². The van der Waals surface area contributed by atoms with Crippen LogP contribution in [0.4, 0.5) is 5.69 Å². The summed E-state index contributed by atoms with van der Waals surface area (Å²) in [7, 11) is 7.60. The summed E-state index contributed by atoms with van der Waals surface area (Å²) in [5.41, 5.74) is 2.19. The third-order valence-electron chi connectivity index (χ3n) is 4.95. The summed E-state index contributed by atoms with van der Waals surface area (Å²) in [6.45, 7) is 1.63. The third kappa shape index (κ3) is 5.76. The first-order valence-corrected chi connectivity index (χ1v) is 9.11. The Hall–Kier alpha value is -2.04. The van der Waals surface area contributed by atoms with E-state index in [1.807, 2.05) is 31.1 Å². The maximum atomic E-state index is 12.6. The average molecular weight is 345 g/mol. The van der Waals surface area contributed by atoms with Gasteiger partial charge in [-0.15, -0.1) is 0 Å². The quantitative estimate of drug-likeness (QED) is 0.795. The van der Waals surface area contributed by atoms with E-state index in [-0.39, 0.29) is 11.8 Å². The predicted molar refractivity (Wildman–Crippen MR) is 102 cm³/mol. The van der Waals surface area contributed by atoms with Gasteiger partial charge in [0.05, 0.1) is 6.42 Å². The van der Waals surface area contributed by atoms with E-state index >= 15 is 0 Å². The van der Waals surface area contributed by atoms with E-state index < -0.39 is 0 Å². The van der Waals surface area contributed by atoms with E-state index in [1.165, 1.54) is 0 Å². The maximum Gasteiger partial charge on any atom is 0.226 e. The zero-order valence-corrected chi connectivity index (χ0v) is 16.0. The Balaban J connectivity index is 1.85. The highest BCUT2D eigenvalue weighted by atomic mass is 16.2. The molecule has 1 heterocycles. The number of amides is 2. The molecule has 5 nitrogen and oxygen atoms in total. The minimum Gasteiger partial charge on any atom is -0.378 e. The van der Waals surface area contributed by atoms with Crippen LogP contribution in [0.2, 0.25) is 0 Å². The van der Waals surface area contributed by atoms with Crippen molar-refractivity contribution in [3.8, 4) is 0 Å². The molecule has 138 valence electrons. The van der Waals surface area contributed by atoms with Gasteiger partial charge in [0.15, 0.2) is 0 Å². The van der Waals surface area contributed by atoms with E-state index in [2.05, 4.69) is 17.0 Å². The Labute approximate surface area is 151 Å². The number of piperidine rings is 1. The summed E-state index contributed by atoms with van der Waals surface area (Å²) in [5.74, 6) is 0.809. The number of carbonyl (C=O) groups excluding carboxylic acids is 2. The molecule has 0 radical (unpaired) electrons. The number of hydrogen-bond acceptors (Lipinski definition) is 3. The molecule has 0 saturated carbocycles. The number of nitrogens with zero attached hydrogens (tertiary/aromatic N) is 3.